The number of benzene rings is 1. The minimum atomic E-state index is -1.09. The molecule has 0 aromatic heterocycles. The summed E-state index contributed by atoms with van der Waals surface area (Å²) in [5, 5.41) is 0. The normalized spacial score (nSPS) is 13.1. The average molecular weight is 377 g/mol. The summed E-state index contributed by atoms with van der Waals surface area (Å²) >= 11 is 0. The van der Waals surface area contributed by atoms with E-state index in [2.05, 4.69) is 0 Å². The Labute approximate surface area is 162 Å². The molecule has 0 saturated heterocycles. The van der Waals surface area contributed by atoms with Crippen molar-refractivity contribution in [3.8, 4) is 0 Å². The number of nitrogens with two attached hydrogens (primary N) is 1. The quantitative estimate of drug-likeness (QED) is 0.648. The van der Waals surface area contributed by atoms with Crippen LogP contribution in [0.1, 0.15) is 25.8 Å². The van der Waals surface area contributed by atoms with Gasteiger partial charge in [0.1, 0.15) is 5.92 Å². The Balaban J connectivity index is 3.05. The summed E-state index contributed by atoms with van der Waals surface area (Å²) in [5.74, 6) is -2.31. The monoisotopic (exact) mass is 376 g/mol. The highest BCUT2D eigenvalue weighted by atomic mass is 16.2. The van der Waals surface area contributed by atoms with Gasteiger partial charge in [-0.3, -0.25) is 19.3 Å². The van der Waals surface area contributed by atoms with Gasteiger partial charge in [-0.15, -0.1) is 0 Å². The zero-order valence-electron chi connectivity index (χ0n) is 17.0. The van der Waals surface area contributed by atoms with Crippen LogP contribution in [0.5, 0.6) is 0 Å². The van der Waals surface area contributed by atoms with Gasteiger partial charge in [-0.05, 0) is 26.6 Å². The lowest BCUT2D eigenvalue weighted by atomic mass is 9.97. The molecule has 2 atom stereocenters. The Morgan fingerprint density at radius 3 is 2.07 bits per heavy atom. The molecule has 0 spiro atoms. The molecule has 27 heavy (non-hydrogen) atoms. The van der Waals surface area contributed by atoms with Gasteiger partial charge in [0.2, 0.25) is 17.7 Å². The second-order valence-electron chi connectivity index (χ2n) is 7.06. The first kappa shape index (κ1) is 22.8. The van der Waals surface area contributed by atoms with Gasteiger partial charge in [0.15, 0.2) is 0 Å². The predicted octanol–water partition coefficient (Wildman–Crippen LogP) is 0.935. The Hall–Kier alpha value is -2.25. The third-order valence-corrected chi connectivity index (χ3v) is 4.37. The van der Waals surface area contributed by atoms with Crippen LogP contribution in [0.4, 0.5) is 0 Å². The molecule has 150 valence electrons. The van der Waals surface area contributed by atoms with Crippen molar-refractivity contribution in [2.45, 2.75) is 32.9 Å². The van der Waals surface area contributed by atoms with E-state index in [9.17, 15) is 14.4 Å². The third kappa shape index (κ3) is 6.77. The first-order valence-corrected chi connectivity index (χ1v) is 9.22. The van der Waals surface area contributed by atoms with E-state index in [1.54, 1.807) is 20.9 Å². The Kier molecular flexibility index (Phi) is 9.11. The van der Waals surface area contributed by atoms with Crippen molar-refractivity contribution in [1.29, 1.82) is 0 Å². The number of hydrogen-bond donors (Lipinski definition) is 1. The number of rotatable bonds is 9. The summed E-state index contributed by atoms with van der Waals surface area (Å²) in [6.45, 7) is 4.59. The minimum Gasteiger partial charge on any atom is -0.344 e. The zero-order valence-corrected chi connectivity index (χ0v) is 17.0. The first-order valence-electron chi connectivity index (χ1n) is 9.22. The molecule has 0 radical (unpaired) electrons. The molecular formula is C20H32N4O3. The van der Waals surface area contributed by atoms with Crippen LogP contribution in [-0.4, -0.2) is 72.7 Å². The topological polar surface area (TPSA) is 87.0 Å². The molecule has 0 fully saturated rings. The SMILES string of the molecule is CCC(=O)N(Cc1ccccc1)C(=O)[C@@H](C(=O)N(C)CCN(C)C)[C@@H](C)N. The maximum atomic E-state index is 13.1. The van der Waals surface area contributed by atoms with E-state index in [1.807, 2.05) is 49.3 Å². The van der Waals surface area contributed by atoms with E-state index >= 15 is 0 Å². The second kappa shape index (κ2) is 10.8. The fourth-order valence-electron chi connectivity index (χ4n) is 2.67. The van der Waals surface area contributed by atoms with Gasteiger partial charge in [0.05, 0.1) is 6.54 Å². The lowest BCUT2D eigenvalue weighted by Crippen LogP contribution is -2.52. The molecule has 1 aromatic carbocycles. The average Bonchev–Trinajstić information content (AvgIpc) is 2.63. The van der Waals surface area contributed by atoms with E-state index in [4.69, 9.17) is 5.73 Å². The maximum Gasteiger partial charge on any atom is 0.243 e. The van der Waals surface area contributed by atoms with E-state index in [0.29, 0.717) is 13.1 Å². The second-order valence-corrected chi connectivity index (χ2v) is 7.06. The summed E-state index contributed by atoms with van der Waals surface area (Å²) in [5.41, 5.74) is 6.81. The van der Waals surface area contributed by atoms with Crippen LogP contribution >= 0.6 is 0 Å². The largest absolute Gasteiger partial charge is 0.344 e. The molecule has 1 rings (SSSR count). The van der Waals surface area contributed by atoms with Gasteiger partial charge in [-0.25, -0.2) is 0 Å². The zero-order chi connectivity index (χ0) is 20.6. The number of hydrogen-bond acceptors (Lipinski definition) is 5. The van der Waals surface area contributed by atoms with Crippen molar-refractivity contribution >= 4 is 17.7 Å². The van der Waals surface area contributed by atoms with Crippen molar-refractivity contribution in [3.63, 3.8) is 0 Å². The van der Waals surface area contributed by atoms with Crippen molar-refractivity contribution in [3.05, 3.63) is 35.9 Å². The lowest BCUT2D eigenvalue weighted by molar-refractivity contribution is -0.153. The standard InChI is InChI=1S/C20H32N4O3/c1-6-17(25)24(14-16-10-8-7-9-11-16)20(27)18(15(2)21)19(26)23(5)13-12-22(3)4/h7-11,15,18H,6,12-14,21H2,1-5H3/t15-,18-/m1/s1. The fraction of sp³-hybridized carbons (Fsp3) is 0.550. The van der Waals surface area contributed by atoms with Crippen LogP contribution in [0, 0.1) is 5.92 Å². The summed E-state index contributed by atoms with van der Waals surface area (Å²) < 4.78 is 0. The number of carbonyl (C=O) groups is 3. The molecule has 1 aromatic rings. The summed E-state index contributed by atoms with van der Waals surface area (Å²) in [4.78, 5) is 43.1. The molecule has 0 saturated carbocycles. The molecule has 0 aliphatic rings. The highest BCUT2D eigenvalue weighted by Crippen LogP contribution is 2.15. The van der Waals surface area contributed by atoms with Crippen molar-refractivity contribution in [2.24, 2.45) is 11.7 Å². The van der Waals surface area contributed by atoms with Crippen LogP contribution in [-0.2, 0) is 20.9 Å². The number of nitrogens with zero attached hydrogens (tertiary/aromatic N) is 3. The van der Waals surface area contributed by atoms with Gasteiger partial charge < -0.3 is 15.5 Å². The Morgan fingerprint density at radius 2 is 1.59 bits per heavy atom. The fourth-order valence-corrected chi connectivity index (χ4v) is 2.67. The van der Waals surface area contributed by atoms with Crippen LogP contribution in [0.3, 0.4) is 0 Å². The van der Waals surface area contributed by atoms with E-state index in [-0.39, 0.29) is 24.8 Å². The van der Waals surface area contributed by atoms with Crippen LogP contribution in [0.25, 0.3) is 0 Å². The number of likely N-dealkylation sites (N-methyl/N-ethyl adjacent to an activating group) is 2. The van der Waals surface area contributed by atoms with Gasteiger partial charge in [-0.2, -0.15) is 0 Å². The Bertz CT molecular complexity index is 631. The highest BCUT2D eigenvalue weighted by molar-refractivity contribution is 6.06. The molecule has 7 heteroatoms. The predicted molar refractivity (Wildman–Crippen MR) is 106 cm³/mol. The summed E-state index contributed by atoms with van der Waals surface area (Å²) in [6, 6.07) is 8.54. The molecule has 0 aliphatic carbocycles. The van der Waals surface area contributed by atoms with Gasteiger partial charge in [0.25, 0.3) is 0 Å². The number of amides is 3. The maximum absolute atomic E-state index is 13.1. The Morgan fingerprint density at radius 1 is 1.00 bits per heavy atom. The lowest BCUT2D eigenvalue weighted by Gasteiger charge is -2.30. The van der Waals surface area contributed by atoms with Crippen LogP contribution < -0.4 is 5.73 Å². The molecular weight excluding hydrogens is 344 g/mol. The van der Waals surface area contributed by atoms with E-state index < -0.39 is 17.9 Å². The molecule has 0 aliphatic heterocycles. The van der Waals surface area contributed by atoms with Crippen LogP contribution in [0.2, 0.25) is 0 Å². The van der Waals surface area contributed by atoms with Crippen molar-refractivity contribution < 1.29 is 14.4 Å². The number of carbonyl (C=O) groups excluding carboxylic acids is 3. The van der Waals surface area contributed by atoms with Gasteiger partial charge in [0, 0.05) is 32.6 Å². The molecule has 0 unspecified atom stereocenters. The molecule has 0 bridgehead atoms. The van der Waals surface area contributed by atoms with Crippen molar-refractivity contribution in [2.75, 3.05) is 34.2 Å². The van der Waals surface area contributed by atoms with Crippen LogP contribution in [0.15, 0.2) is 30.3 Å². The highest BCUT2D eigenvalue weighted by Gasteiger charge is 2.37. The van der Waals surface area contributed by atoms with E-state index in [0.717, 1.165) is 10.5 Å². The molecule has 7 nitrogen and oxygen atoms in total. The van der Waals surface area contributed by atoms with Gasteiger partial charge in [-0.1, -0.05) is 37.3 Å². The third-order valence-electron chi connectivity index (χ3n) is 4.37. The van der Waals surface area contributed by atoms with Gasteiger partial charge >= 0.3 is 0 Å². The first-order chi connectivity index (χ1) is 12.7. The molecule has 2 N–H and O–H groups in total. The smallest absolute Gasteiger partial charge is 0.243 e. The van der Waals surface area contributed by atoms with E-state index in [1.165, 1.54) is 4.90 Å². The summed E-state index contributed by atoms with van der Waals surface area (Å²) in [6.07, 6.45) is 0.176. The number of imide groups is 1. The minimum absolute atomic E-state index is 0.129. The molecule has 0 heterocycles. The summed E-state index contributed by atoms with van der Waals surface area (Å²) in [7, 11) is 5.47. The molecule has 3 amide bonds. The van der Waals surface area contributed by atoms with Crippen molar-refractivity contribution in [1.82, 2.24) is 14.7 Å².